The Balaban J connectivity index is 1.24. The number of nitrogens with one attached hydrogen (secondary N) is 2. The van der Waals surface area contributed by atoms with E-state index in [0.717, 1.165) is 21.5 Å². The molecule has 6 rings (SSSR count). The fourth-order valence-electron chi connectivity index (χ4n) is 6.50. The van der Waals surface area contributed by atoms with Crippen LogP contribution < -0.4 is 19.7 Å². The van der Waals surface area contributed by atoms with Gasteiger partial charge in [0.1, 0.15) is 0 Å². The Labute approximate surface area is 231 Å². The number of halogens is 3. The lowest BCUT2D eigenvalue weighted by molar-refractivity contribution is -0.137. The molecule has 5 atom stereocenters. The van der Waals surface area contributed by atoms with Gasteiger partial charge in [-0.3, -0.25) is 9.59 Å². The van der Waals surface area contributed by atoms with Crippen molar-refractivity contribution in [1.29, 1.82) is 0 Å². The number of aromatic nitrogens is 1. The highest BCUT2D eigenvalue weighted by molar-refractivity contribution is 8.00. The summed E-state index contributed by atoms with van der Waals surface area (Å²) < 4.78 is 51.5. The van der Waals surface area contributed by atoms with Gasteiger partial charge in [0.25, 0.3) is 5.91 Å². The molecular formula is C28H27F3N2O4S2. The second kappa shape index (κ2) is 10.2. The summed E-state index contributed by atoms with van der Waals surface area (Å²) in [5.41, 5.74) is -0.210. The minimum atomic E-state index is -4.59. The number of thioether (sulfide) groups is 1. The number of H-pyrrole nitrogens is 1. The second-order valence-electron chi connectivity index (χ2n) is 10.2. The van der Waals surface area contributed by atoms with Gasteiger partial charge in [-0.2, -0.15) is 13.2 Å². The van der Waals surface area contributed by atoms with Crippen LogP contribution in [-0.4, -0.2) is 29.4 Å². The summed E-state index contributed by atoms with van der Waals surface area (Å²) in [4.78, 5) is 28.9. The summed E-state index contributed by atoms with van der Waals surface area (Å²) in [6.07, 6.45) is -0.916. The highest BCUT2D eigenvalue weighted by atomic mass is 32.2. The van der Waals surface area contributed by atoms with Crippen molar-refractivity contribution in [2.75, 3.05) is 18.5 Å². The molecule has 1 aliphatic heterocycles. The van der Waals surface area contributed by atoms with Crippen LogP contribution in [0.1, 0.15) is 48.1 Å². The van der Waals surface area contributed by atoms with E-state index in [-0.39, 0.29) is 16.5 Å². The van der Waals surface area contributed by atoms with Crippen LogP contribution in [0.3, 0.4) is 0 Å². The van der Waals surface area contributed by atoms with Crippen LogP contribution >= 0.6 is 23.1 Å². The number of alkyl halides is 3. The lowest BCUT2D eigenvalue weighted by Crippen LogP contribution is -2.33. The van der Waals surface area contributed by atoms with Gasteiger partial charge in [-0.15, -0.1) is 11.8 Å². The van der Waals surface area contributed by atoms with Gasteiger partial charge in [0.2, 0.25) is 0 Å². The van der Waals surface area contributed by atoms with Gasteiger partial charge in [-0.25, -0.2) is 0 Å². The minimum absolute atomic E-state index is 0.0482. The summed E-state index contributed by atoms with van der Waals surface area (Å²) in [6.45, 7) is 1.73. The number of anilines is 1. The summed E-state index contributed by atoms with van der Waals surface area (Å²) >= 11 is 3.10. The quantitative estimate of drug-likeness (QED) is 0.335. The van der Waals surface area contributed by atoms with Gasteiger partial charge in [-0.1, -0.05) is 29.5 Å². The number of carbonyl (C=O) groups excluding carboxylic acids is 1. The van der Waals surface area contributed by atoms with Crippen LogP contribution in [0.15, 0.2) is 52.3 Å². The molecule has 0 spiro atoms. The van der Waals surface area contributed by atoms with Crippen molar-refractivity contribution in [3.05, 3.63) is 68.1 Å². The third kappa shape index (κ3) is 4.95. The minimum Gasteiger partial charge on any atom is -0.490 e. The van der Waals surface area contributed by atoms with E-state index in [2.05, 4.69) is 10.3 Å². The summed E-state index contributed by atoms with van der Waals surface area (Å²) in [7, 11) is 0. The van der Waals surface area contributed by atoms with E-state index in [4.69, 9.17) is 9.47 Å². The third-order valence-electron chi connectivity index (χ3n) is 7.96. The van der Waals surface area contributed by atoms with Crippen molar-refractivity contribution in [3.63, 3.8) is 0 Å². The zero-order chi connectivity index (χ0) is 27.3. The predicted octanol–water partition coefficient (Wildman–Crippen LogP) is 6.52. The van der Waals surface area contributed by atoms with Crippen LogP contribution in [0.5, 0.6) is 11.5 Å². The fraction of sp³-hybridized carbons (Fsp3) is 0.429. The Bertz CT molecular complexity index is 1450. The van der Waals surface area contributed by atoms with Crippen LogP contribution in [0.25, 0.3) is 0 Å². The first-order valence-electron chi connectivity index (χ1n) is 13.0. The van der Waals surface area contributed by atoms with E-state index in [0.29, 0.717) is 41.1 Å². The number of fused-ring (bicyclic) bond motifs is 6. The molecule has 2 saturated carbocycles. The number of para-hydroxylation sites is 1. The molecule has 4 unspecified atom stereocenters. The van der Waals surface area contributed by atoms with Crippen molar-refractivity contribution >= 4 is 34.7 Å². The molecule has 2 aromatic carbocycles. The maximum atomic E-state index is 13.3. The van der Waals surface area contributed by atoms with E-state index >= 15 is 0 Å². The van der Waals surface area contributed by atoms with Crippen molar-refractivity contribution in [1.82, 2.24) is 4.98 Å². The van der Waals surface area contributed by atoms with Crippen molar-refractivity contribution in [3.8, 4) is 11.5 Å². The Morgan fingerprint density at radius 3 is 2.69 bits per heavy atom. The third-order valence-corrected chi connectivity index (χ3v) is 10.6. The number of aromatic amines is 1. The predicted molar refractivity (Wildman–Crippen MR) is 144 cm³/mol. The Morgan fingerprint density at radius 1 is 1.10 bits per heavy atom. The molecule has 2 heterocycles. The topological polar surface area (TPSA) is 80.4 Å². The van der Waals surface area contributed by atoms with E-state index in [1.54, 1.807) is 6.07 Å². The van der Waals surface area contributed by atoms with Gasteiger partial charge in [0.05, 0.1) is 22.9 Å². The van der Waals surface area contributed by atoms with E-state index in [1.165, 1.54) is 48.8 Å². The second-order valence-corrected chi connectivity index (χ2v) is 12.4. The number of benzene rings is 2. The molecule has 2 N–H and O–H groups in total. The SMILES string of the molecule is CCOc1cc([C@H]2c3sc(=O)[nH]c3SC3C4CCC(C4)C32)ccc1OCC(=O)Nc1ccccc1C(F)(F)F. The first-order valence-corrected chi connectivity index (χ1v) is 14.7. The van der Waals surface area contributed by atoms with Gasteiger partial charge in [0.15, 0.2) is 18.1 Å². The number of carbonyl (C=O) groups is 1. The fourth-order valence-corrected chi connectivity index (χ4v) is 9.39. The van der Waals surface area contributed by atoms with Gasteiger partial charge in [0, 0.05) is 16.0 Å². The van der Waals surface area contributed by atoms with E-state index in [1.807, 2.05) is 30.8 Å². The van der Waals surface area contributed by atoms with Crippen LogP contribution in [0.4, 0.5) is 18.9 Å². The average molecular weight is 577 g/mol. The number of ether oxygens (including phenoxy) is 2. The zero-order valence-electron chi connectivity index (χ0n) is 21.0. The molecular weight excluding hydrogens is 549 g/mol. The highest BCUT2D eigenvalue weighted by Gasteiger charge is 2.54. The van der Waals surface area contributed by atoms with Crippen molar-refractivity contribution in [2.24, 2.45) is 17.8 Å². The number of amides is 1. The number of rotatable bonds is 7. The first kappa shape index (κ1) is 26.3. The molecule has 2 aliphatic carbocycles. The number of hydrogen-bond donors (Lipinski definition) is 2. The van der Waals surface area contributed by atoms with Gasteiger partial charge >= 0.3 is 11.0 Å². The van der Waals surface area contributed by atoms with Crippen LogP contribution in [0.2, 0.25) is 0 Å². The average Bonchev–Trinajstić information content (AvgIpc) is 3.61. The normalized spacial score (nSPS) is 25.2. The molecule has 0 radical (unpaired) electrons. The Morgan fingerprint density at radius 2 is 1.90 bits per heavy atom. The molecule has 206 valence electrons. The van der Waals surface area contributed by atoms with E-state index in [9.17, 15) is 22.8 Å². The molecule has 2 bridgehead atoms. The van der Waals surface area contributed by atoms with Crippen molar-refractivity contribution < 1.29 is 27.4 Å². The number of hydrogen-bond acceptors (Lipinski definition) is 6. The summed E-state index contributed by atoms with van der Waals surface area (Å²) in [5, 5.41) is 3.74. The van der Waals surface area contributed by atoms with Crippen molar-refractivity contribution in [2.45, 2.75) is 48.6 Å². The monoisotopic (exact) mass is 576 g/mol. The lowest BCUT2D eigenvalue weighted by atomic mass is 9.75. The molecule has 2 fully saturated rings. The molecule has 1 aromatic heterocycles. The van der Waals surface area contributed by atoms with Crippen LogP contribution in [-0.2, 0) is 11.0 Å². The lowest BCUT2D eigenvalue weighted by Gasteiger charge is -2.40. The standard InChI is InChI=1S/C28H27F3N2O4S2/c1-2-36-20-12-15(23-22-14-7-8-16(11-14)24(22)38-26-25(23)39-27(35)33-26)9-10-19(20)37-13-21(34)32-18-6-4-3-5-17(18)28(29,30)31/h3-6,9-10,12,14,16,22-24H,2,7-8,11,13H2,1H3,(H,32,34)(H,33,35)/t14?,16?,22?,23-,24?/m1/s1. The molecule has 0 saturated heterocycles. The number of thiazole rings is 1. The Hall–Kier alpha value is -2.92. The maximum Gasteiger partial charge on any atom is 0.418 e. The zero-order valence-corrected chi connectivity index (χ0v) is 22.7. The van der Waals surface area contributed by atoms with E-state index < -0.39 is 24.3 Å². The van der Waals surface area contributed by atoms with Gasteiger partial charge < -0.3 is 19.8 Å². The highest BCUT2D eigenvalue weighted by Crippen LogP contribution is 2.63. The van der Waals surface area contributed by atoms with Crippen LogP contribution in [0, 0.1) is 17.8 Å². The van der Waals surface area contributed by atoms with Gasteiger partial charge in [-0.05, 0) is 73.8 Å². The maximum absolute atomic E-state index is 13.3. The molecule has 39 heavy (non-hydrogen) atoms. The summed E-state index contributed by atoms with van der Waals surface area (Å²) in [6, 6.07) is 10.4. The first-order chi connectivity index (χ1) is 18.7. The summed E-state index contributed by atoms with van der Waals surface area (Å²) in [5.74, 6) is 1.87. The smallest absolute Gasteiger partial charge is 0.418 e. The largest absolute Gasteiger partial charge is 0.490 e. The molecule has 11 heteroatoms. The Kier molecular flexibility index (Phi) is 6.91. The molecule has 6 nitrogen and oxygen atoms in total. The molecule has 1 amide bonds. The molecule has 3 aromatic rings. The molecule has 3 aliphatic rings.